The van der Waals surface area contributed by atoms with Crippen molar-refractivity contribution in [2.45, 2.75) is 20.8 Å². The minimum absolute atomic E-state index is 0. The van der Waals surface area contributed by atoms with Gasteiger partial charge in [-0.2, -0.15) is 56.7 Å². The summed E-state index contributed by atoms with van der Waals surface area (Å²) in [6, 6.07) is 51.0. The van der Waals surface area contributed by atoms with Crippen LogP contribution in [0.25, 0.3) is 0 Å². The first kappa shape index (κ1) is 26.3. The summed E-state index contributed by atoms with van der Waals surface area (Å²) in [5.74, 6) is 0. The molecule has 0 nitrogen and oxygen atoms in total. The maximum absolute atomic E-state index is 3.21. The summed E-state index contributed by atoms with van der Waals surface area (Å²) in [4.78, 5) is 0. The molecule has 0 bridgehead atoms. The van der Waals surface area contributed by atoms with Crippen LogP contribution in [0.2, 0.25) is 0 Å². The van der Waals surface area contributed by atoms with Gasteiger partial charge in [0, 0.05) is 0 Å². The number of aryl methyl sites for hydroxylation is 3. The summed E-state index contributed by atoms with van der Waals surface area (Å²) in [5.41, 5.74) is 9.14. The Morgan fingerprint density at radius 1 is 0.429 bits per heavy atom. The molecule has 2 heteroatoms. The molecule has 35 heavy (non-hydrogen) atoms. The Bertz CT molecular complexity index is 1090. The van der Waals surface area contributed by atoms with Crippen molar-refractivity contribution < 1.29 is 17.1 Å². The second-order valence-corrected chi connectivity index (χ2v) is 9.03. The molecule has 0 spiro atoms. The fourth-order valence-corrected chi connectivity index (χ4v) is 5.23. The molecule has 0 atom stereocenters. The minimum atomic E-state index is -1.22. The van der Waals surface area contributed by atoms with E-state index < -0.39 is 6.15 Å². The van der Waals surface area contributed by atoms with Crippen LogP contribution in [0.1, 0.15) is 16.7 Å². The van der Waals surface area contributed by atoms with E-state index in [1.807, 2.05) is 0 Å². The fourth-order valence-electron chi connectivity index (χ4n) is 5.23. The van der Waals surface area contributed by atoms with E-state index in [1.165, 1.54) is 38.5 Å². The third kappa shape index (κ3) is 6.03. The first-order chi connectivity index (χ1) is 16.6. The second kappa shape index (κ2) is 12.4. The molecule has 0 heterocycles. The second-order valence-electron chi connectivity index (χ2n) is 9.03. The van der Waals surface area contributed by atoms with Crippen LogP contribution < -0.4 is 21.9 Å². The quantitative estimate of drug-likeness (QED) is 0.230. The van der Waals surface area contributed by atoms with Crippen molar-refractivity contribution in [3.8, 4) is 0 Å². The molecule has 0 N–H and O–H groups in total. The molecule has 0 aromatic heterocycles. The van der Waals surface area contributed by atoms with Crippen molar-refractivity contribution in [2.24, 2.45) is 0 Å². The molecule has 0 aliphatic rings. The van der Waals surface area contributed by atoms with Crippen molar-refractivity contribution in [2.75, 3.05) is 0 Å². The predicted molar refractivity (Wildman–Crippen MR) is 150 cm³/mol. The molecule has 0 saturated heterocycles. The van der Waals surface area contributed by atoms with Crippen molar-refractivity contribution in [3.63, 3.8) is 0 Å². The van der Waals surface area contributed by atoms with Crippen LogP contribution >= 0.6 is 0 Å². The topological polar surface area (TPSA) is 0 Å². The summed E-state index contributed by atoms with van der Waals surface area (Å²) in [7, 11) is 0. The van der Waals surface area contributed by atoms with Crippen molar-refractivity contribution in [1.82, 2.24) is 0 Å². The van der Waals surface area contributed by atoms with Crippen LogP contribution in [0, 0.1) is 26.8 Å². The summed E-state index contributed by atoms with van der Waals surface area (Å²) < 4.78 is 0. The van der Waals surface area contributed by atoms with Gasteiger partial charge in [-0.25, -0.2) is 0 Å². The number of rotatable bonds is 4. The minimum Gasteiger partial charge on any atom is -0.195 e. The van der Waals surface area contributed by atoms with Crippen LogP contribution in [-0.2, 0) is 17.1 Å². The van der Waals surface area contributed by atoms with E-state index in [0.29, 0.717) is 0 Å². The van der Waals surface area contributed by atoms with Gasteiger partial charge in [0.15, 0.2) is 0 Å². The van der Waals surface area contributed by atoms with Crippen LogP contribution in [-0.4, -0.2) is 6.15 Å². The molecule has 1 radical (unpaired) electrons. The maximum Gasteiger partial charge on any atom is 2.00 e. The van der Waals surface area contributed by atoms with E-state index in [-0.39, 0.29) is 17.1 Å². The Morgan fingerprint density at radius 2 is 0.686 bits per heavy atom. The Labute approximate surface area is 221 Å². The standard InChI is InChI=1S/C24H20B.C9H11.Mn/c1-5-13-21(14-6-1)25(22-15-7-2-8-16-22,23-17-9-3-10-18-23)24-19-11-4-12-20-24;1-7-4-8(2)6-9(3)5-7;/h1-20H;4-5H,1-3H3;/q2*-1;+2. The smallest absolute Gasteiger partial charge is 0.195 e. The van der Waals surface area contributed by atoms with Gasteiger partial charge in [-0.1, -0.05) is 142 Å². The summed E-state index contributed by atoms with van der Waals surface area (Å²) >= 11 is 0. The molecule has 5 aromatic rings. The van der Waals surface area contributed by atoms with Crippen LogP contribution in [0.5, 0.6) is 0 Å². The molecule has 5 rings (SSSR count). The molecule has 0 amide bonds. The van der Waals surface area contributed by atoms with Gasteiger partial charge >= 0.3 is 17.1 Å². The van der Waals surface area contributed by atoms with Crippen LogP contribution in [0.4, 0.5) is 0 Å². The molecule has 5 aromatic carbocycles. The van der Waals surface area contributed by atoms with E-state index in [0.717, 1.165) is 0 Å². The van der Waals surface area contributed by atoms with Gasteiger partial charge in [0.05, 0.1) is 0 Å². The Kier molecular flexibility index (Phi) is 9.32. The molecule has 0 saturated carbocycles. The summed E-state index contributed by atoms with van der Waals surface area (Å²) in [6.07, 6.45) is -1.22. The van der Waals surface area contributed by atoms with Crippen molar-refractivity contribution >= 4 is 28.0 Å². The van der Waals surface area contributed by atoms with Crippen molar-refractivity contribution in [1.29, 1.82) is 0 Å². The van der Waals surface area contributed by atoms with E-state index in [1.54, 1.807) is 0 Å². The van der Waals surface area contributed by atoms with Gasteiger partial charge in [0.2, 0.25) is 0 Å². The molecule has 0 aliphatic heterocycles. The van der Waals surface area contributed by atoms with Gasteiger partial charge in [0.25, 0.3) is 0 Å². The van der Waals surface area contributed by atoms with Gasteiger partial charge in [-0.05, 0) is 0 Å². The Hall–Kier alpha value is -3.32. The van der Waals surface area contributed by atoms with E-state index >= 15 is 0 Å². The third-order valence-corrected chi connectivity index (χ3v) is 6.48. The SMILES string of the molecule is Cc1[c-]c(C)cc(C)c1.[Mn+2].c1ccc([B-](c2ccccc2)(c2ccccc2)c2ccccc2)cc1. The van der Waals surface area contributed by atoms with Crippen LogP contribution in [0.3, 0.4) is 0 Å². The first-order valence-electron chi connectivity index (χ1n) is 12.0. The van der Waals surface area contributed by atoms with E-state index in [4.69, 9.17) is 0 Å². The average Bonchev–Trinajstić information content (AvgIpc) is 2.87. The number of hydrogen-bond acceptors (Lipinski definition) is 0. The fraction of sp³-hybridized carbons (Fsp3) is 0.0909. The van der Waals surface area contributed by atoms with Gasteiger partial charge < -0.3 is 0 Å². The largest absolute Gasteiger partial charge is 2.00 e. The predicted octanol–water partition coefficient (Wildman–Crippen LogP) is 5.47. The van der Waals surface area contributed by atoms with Gasteiger partial charge in [-0.15, -0.1) is 0 Å². The zero-order chi connectivity index (χ0) is 23.8. The Balaban J connectivity index is 0.000000291. The Morgan fingerprint density at radius 3 is 0.914 bits per heavy atom. The first-order valence-corrected chi connectivity index (χ1v) is 12.0. The van der Waals surface area contributed by atoms with Crippen molar-refractivity contribution in [3.05, 3.63) is 156 Å². The summed E-state index contributed by atoms with van der Waals surface area (Å²) in [6.45, 7) is 6.24. The molecule has 0 fully saturated rings. The zero-order valence-corrected chi connectivity index (χ0v) is 21.8. The molecule has 0 unspecified atom stereocenters. The normalized spacial score (nSPS) is 10.5. The number of hydrogen-bond donors (Lipinski definition) is 0. The molecule has 0 aliphatic carbocycles. The van der Waals surface area contributed by atoms with Crippen LogP contribution in [0.15, 0.2) is 133 Å². The molecule has 173 valence electrons. The number of benzene rings is 5. The maximum atomic E-state index is 3.21. The zero-order valence-electron chi connectivity index (χ0n) is 20.7. The average molecular weight is 493 g/mol. The third-order valence-electron chi connectivity index (χ3n) is 6.48. The van der Waals surface area contributed by atoms with Gasteiger partial charge in [0.1, 0.15) is 6.15 Å². The molecular formula is C33H31BMn. The van der Waals surface area contributed by atoms with E-state index in [9.17, 15) is 0 Å². The summed E-state index contributed by atoms with van der Waals surface area (Å²) in [5, 5.41) is 0. The monoisotopic (exact) mass is 493 g/mol. The molecular weight excluding hydrogens is 462 g/mol. The van der Waals surface area contributed by atoms with E-state index in [2.05, 4.69) is 160 Å². The van der Waals surface area contributed by atoms with Gasteiger partial charge in [-0.3, -0.25) is 0 Å².